The first-order valence-electron chi connectivity index (χ1n) is 8.45. The minimum atomic E-state index is 0.453. The third kappa shape index (κ3) is 3.74. The van der Waals surface area contributed by atoms with Crippen molar-refractivity contribution in [3.63, 3.8) is 0 Å². The van der Waals surface area contributed by atoms with E-state index in [0.717, 1.165) is 27.9 Å². The second-order valence-corrected chi connectivity index (χ2v) is 7.29. The molecule has 1 aromatic carbocycles. The third-order valence-electron chi connectivity index (χ3n) is 4.02. The van der Waals surface area contributed by atoms with Gasteiger partial charge >= 0.3 is 0 Å². The molecule has 0 aliphatic carbocycles. The molecule has 3 aromatic heterocycles. The first kappa shape index (κ1) is 18.5. The second-order valence-electron chi connectivity index (χ2n) is 5.91. The summed E-state index contributed by atoms with van der Waals surface area (Å²) in [5, 5.41) is 14.1. The summed E-state index contributed by atoms with van der Waals surface area (Å²) in [4.78, 5) is 4.44. The summed E-state index contributed by atoms with van der Waals surface area (Å²) >= 11 is 7.39. The maximum Gasteiger partial charge on any atom is 0.257 e. The Labute approximate surface area is 170 Å². The Morgan fingerprint density at radius 3 is 2.75 bits per heavy atom. The standard InChI is InChI=1S/C19H16ClN5O2S/c1-3-9-25-17(15-8-10-26-12(15)2)22-23-19(25)28-11-16-21-18(27-24-16)13-4-6-14(20)7-5-13/h3-8,10H,1,9,11H2,2H3. The van der Waals surface area contributed by atoms with Gasteiger partial charge < -0.3 is 8.94 Å². The smallest absolute Gasteiger partial charge is 0.257 e. The summed E-state index contributed by atoms with van der Waals surface area (Å²) in [7, 11) is 0. The van der Waals surface area contributed by atoms with E-state index in [4.69, 9.17) is 20.5 Å². The van der Waals surface area contributed by atoms with Crippen molar-refractivity contribution in [2.75, 3.05) is 0 Å². The van der Waals surface area contributed by atoms with Gasteiger partial charge in [0.15, 0.2) is 16.8 Å². The molecule has 3 heterocycles. The summed E-state index contributed by atoms with van der Waals surface area (Å²) < 4.78 is 12.7. The summed E-state index contributed by atoms with van der Waals surface area (Å²) in [5.74, 6) is 3.05. The number of nitrogens with zero attached hydrogens (tertiary/aromatic N) is 5. The molecule has 4 rings (SSSR count). The Balaban J connectivity index is 1.52. The van der Waals surface area contributed by atoms with Crippen LogP contribution in [0.2, 0.25) is 5.02 Å². The van der Waals surface area contributed by atoms with Crippen LogP contribution in [0.3, 0.4) is 0 Å². The lowest BCUT2D eigenvalue weighted by Crippen LogP contribution is -2.01. The number of aryl methyl sites for hydroxylation is 1. The average Bonchev–Trinajstić information content (AvgIpc) is 3.41. The van der Waals surface area contributed by atoms with Crippen LogP contribution in [0, 0.1) is 6.92 Å². The van der Waals surface area contributed by atoms with Crippen LogP contribution < -0.4 is 0 Å². The summed E-state index contributed by atoms with van der Waals surface area (Å²) in [5.41, 5.74) is 1.73. The zero-order chi connectivity index (χ0) is 19.5. The highest BCUT2D eigenvalue weighted by Gasteiger charge is 2.18. The van der Waals surface area contributed by atoms with Gasteiger partial charge in [-0.3, -0.25) is 4.57 Å². The van der Waals surface area contributed by atoms with Crippen LogP contribution in [0.4, 0.5) is 0 Å². The van der Waals surface area contributed by atoms with Crippen molar-refractivity contribution in [2.45, 2.75) is 24.4 Å². The van der Waals surface area contributed by atoms with Crippen LogP contribution >= 0.6 is 23.4 Å². The van der Waals surface area contributed by atoms with Crippen LogP contribution in [0.1, 0.15) is 11.6 Å². The fourth-order valence-electron chi connectivity index (χ4n) is 2.66. The van der Waals surface area contributed by atoms with Crippen molar-refractivity contribution in [2.24, 2.45) is 0 Å². The number of rotatable bonds is 7. The molecule has 0 aliphatic heterocycles. The third-order valence-corrected chi connectivity index (χ3v) is 5.23. The molecule has 142 valence electrons. The molecule has 0 atom stereocenters. The Morgan fingerprint density at radius 1 is 1.21 bits per heavy atom. The summed E-state index contributed by atoms with van der Waals surface area (Å²) in [6, 6.07) is 9.13. The average molecular weight is 414 g/mol. The van der Waals surface area contributed by atoms with Gasteiger partial charge in [-0.05, 0) is 37.3 Å². The van der Waals surface area contributed by atoms with Gasteiger partial charge in [0.2, 0.25) is 0 Å². The lowest BCUT2D eigenvalue weighted by atomic mass is 10.2. The van der Waals surface area contributed by atoms with Crippen LogP contribution in [0.5, 0.6) is 0 Å². The fraction of sp³-hybridized carbons (Fsp3) is 0.158. The lowest BCUT2D eigenvalue weighted by molar-refractivity contribution is 0.425. The fourth-order valence-corrected chi connectivity index (χ4v) is 3.57. The molecule has 0 bridgehead atoms. The minimum Gasteiger partial charge on any atom is -0.469 e. The quantitative estimate of drug-likeness (QED) is 0.310. The number of aromatic nitrogens is 5. The van der Waals surface area contributed by atoms with Crippen molar-refractivity contribution in [1.29, 1.82) is 0 Å². The second kappa shape index (κ2) is 8.04. The maximum atomic E-state index is 5.91. The minimum absolute atomic E-state index is 0.453. The van der Waals surface area contributed by atoms with Gasteiger partial charge in [-0.25, -0.2) is 0 Å². The molecule has 9 heteroatoms. The molecular weight excluding hydrogens is 398 g/mol. The van der Waals surface area contributed by atoms with Crippen molar-refractivity contribution in [3.05, 3.63) is 65.9 Å². The Hall–Kier alpha value is -2.84. The molecule has 0 radical (unpaired) electrons. The number of hydrogen-bond acceptors (Lipinski definition) is 7. The van der Waals surface area contributed by atoms with E-state index in [1.54, 1.807) is 24.5 Å². The van der Waals surface area contributed by atoms with E-state index in [1.807, 2.05) is 29.7 Å². The number of halogens is 1. The van der Waals surface area contributed by atoms with Crippen molar-refractivity contribution in [1.82, 2.24) is 24.9 Å². The van der Waals surface area contributed by atoms with E-state index < -0.39 is 0 Å². The molecule has 4 aromatic rings. The van der Waals surface area contributed by atoms with Crippen LogP contribution in [-0.4, -0.2) is 24.9 Å². The summed E-state index contributed by atoms with van der Waals surface area (Å²) in [6.07, 6.45) is 3.45. The van der Waals surface area contributed by atoms with Crippen molar-refractivity contribution < 1.29 is 8.94 Å². The number of hydrogen-bond donors (Lipinski definition) is 0. The predicted molar refractivity (Wildman–Crippen MR) is 107 cm³/mol. The SMILES string of the molecule is C=CCn1c(SCc2noc(-c3ccc(Cl)cc3)n2)nnc1-c1ccoc1C. The molecule has 7 nitrogen and oxygen atoms in total. The Bertz CT molecular complexity index is 1100. The lowest BCUT2D eigenvalue weighted by Gasteiger charge is -2.06. The number of thioether (sulfide) groups is 1. The number of allylic oxidation sites excluding steroid dienone is 1. The van der Waals surface area contributed by atoms with Gasteiger partial charge in [-0.1, -0.05) is 34.6 Å². The first-order valence-corrected chi connectivity index (χ1v) is 9.82. The van der Waals surface area contributed by atoms with E-state index in [-0.39, 0.29) is 0 Å². The molecular formula is C19H16ClN5O2S. The molecule has 0 amide bonds. The van der Waals surface area contributed by atoms with E-state index in [9.17, 15) is 0 Å². The van der Waals surface area contributed by atoms with Crippen molar-refractivity contribution >= 4 is 23.4 Å². The van der Waals surface area contributed by atoms with Gasteiger partial charge in [0.25, 0.3) is 5.89 Å². The Morgan fingerprint density at radius 2 is 2.04 bits per heavy atom. The zero-order valence-corrected chi connectivity index (χ0v) is 16.6. The van der Waals surface area contributed by atoms with Gasteiger partial charge in [-0.2, -0.15) is 4.98 Å². The molecule has 0 N–H and O–H groups in total. The van der Waals surface area contributed by atoms with Crippen LogP contribution in [0.25, 0.3) is 22.8 Å². The molecule has 0 aliphatic rings. The number of benzene rings is 1. The molecule has 0 saturated carbocycles. The zero-order valence-electron chi connectivity index (χ0n) is 15.0. The van der Waals surface area contributed by atoms with E-state index >= 15 is 0 Å². The van der Waals surface area contributed by atoms with Gasteiger partial charge in [0.05, 0.1) is 17.6 Å². The van der Waals surface area contributed by atoms with Crippen molar-refractivity contribution in [3.8, 4) is 22.8 Å². The maximum absolute atomic E-state index is 5.91. The number of furan rings is 1. The molecule has 0 fully saturated rings. The largest absolute Gasteiger partial charge is 0.469 e. The van der Waals surface area contributed by atoms with Crippen LogP contribution in [-0.2, 0) is 12.3 Å². The highest BCUT2D eigenvalue weighted by atomic mass is 35.5. The monoisotopic (exact) mass is 413 g/mol. The van der Waals surface area contributed by atoms with E-state index in [2.05, 4.69) is 26.9 Å². The van der Waals surface area contributed by atoms with Gasteiger partial charge in [-0.15, -0.1) is 16.8 Å². The normalized spacial score (nSPS) is 11.1. The molecule has 0 saturated heterocycles. The topological polar surface area (TPSA) is 82.8 Å². The Kier molecular flexibility index (Phi) is 5.31. The predicted octanol–water partition coefficient (Wildman–Crippen LogP) is 5.03. The molecule has 0 unspecified atom stereocenters. The summed E-state index contributed by atoms with van der Waals surface area (Å²) in [6.45, 7) is 6.30. The van der Waals surface area contributed by atoms with Crippen LogP contribution in [0.15, 0.2) is 63.3 Å². The first-order chi connectivity index (χ1) is 13.7. The van der Waals surface area contributed by atoms with Gasteiger partial charge in [0, 0.05) is 17.1 Å². The van der Waals surface area contributed by atoms with E-state index in [0.29, 0.717) is 29.0 Å². The molecule has 28 heavy (non-hydrogen) atoms. The molecule has 0 spiro atoms. The van der Waals surface area contributed by atoms with Gasteiger partial charge in [0.1, 0.15) is 5.76 Å². The highest BCUT2D eigenvalue weighted by Crippen LogP contribution is 2.29. The highest BCUT2D eigenvalue weighted by molar-refractivity contribution is 7.98. The van der Waals surface area contributed by atoms with E-state index in [1.165, 1.54) is 11.8 Å².